The Bertz CT molecular complexity index is 582. The maximum Gasteiger partial charge on any atom is 0.417 e. The predicted molar refractivity (Wildman–Crippen MR) is 57.9 cm³/mol. The molecule has 0 radical (unpaired) electrons. The molecule has 0 aliphatic rings. The van der Waals surface area contributed by atoms with Crippen molar-refractivity contribution in [2.45, 2.75) is 6.18 Å². The summed E-state index contributed by atoms with van der Waals surface area (Å²) in [5, 5.41) is 0. The van der Waals surface area contributed by atoms with E-state index in [0.29, 0.717) is 6.29 Å². The highest BCUT2D eigenvalue weighted by Gasteiger charge is 2.34. The van der Waals surface area contributed by atoms with Crippen LogP contribution in [0, 0.1) is 0 Å². The average molecular weight is 252 g/mol. The number of aromatic nitrogens is 2. The fourth-order valence-corrected chi connectivity index (χ4v) is 1.59. The van der Waals surface area contributed by atoms with Gasteiger partial charge in [0.15, 0.2) is 6.29 Å². The standard InChI is InChI=1S/C12H7F3N2O/c13-12(14,15)10-4-2-1-3-9(10)11-8(6-18)5-16-7-17-11/h1-7H. The van der Waals surface area contributed by atoms with E-state index in [0.717, 1.165) is 12.4 Å². The number of hydrogen-bond acceptors (Lipinski definition) is 3. The van der Waals surface area contributed by atoms with Gasteiger partial charge in [0.25, 0.3) is 0 Å². The van der Waals surface area contributed by atoms with Gasteiger partial charge in [0.1, 0.15) is 6.33 Å². The Morgan fingerprint density at radius 3 is 2.56 bits per heavy atom. The van der Waals surface area contributed by atoms with Crippen molar-refractivity contribution >= 4 is 6.29 Å². The van der Waals surface area contributed by atoms with Crippen LogP contribution in [0.1, 0.15) is 15.9 Å². The van der Waals surface area contributed by atoms with Gasteiger partial charge in [-0.15, -0.1) is 0 Å². The second kappa shape index (κ2) is 4.56. The van der Waals surface area contributed by atoms with E-state index in [2.05, 4.69) is 9.97 Å². The van der Waals surface area contributed by atoms with E-state index in [1.165, 1.54) is 24.4 Å². The average Bonchev–Trinajstić information content (AvgIpc) is 2.37. The molecule has 0 atom stereocenters. The van der Waals surface area contributed by atoms with E-state index in [-0.39, 0.29) is 16.8 Å². The third kappa shape index (κ3) is 2.22. The van der Waals surface area contributed by atoms with E-state index in [4.69, 9.17) is 0 Å². The van der Waals surface area contributed by atoms with Crippen LogP contribution in [0.25, 0.3) is 11.3 Å². The van der Waals surface area contributed by atoms with Crippen molar-refractivity contribution < 1.29 is 18.0 Å². The maximum absolute atomic E-state index is 12.8. The van der Waals surface area contributed by atoms with E-state index >= 15 is 0 Å². The van der Waals surface area contributed by atoms with Crippen molar-refractivity contribution in [2.75, 3.05) is 0 Å². The Morgan fingerprint density at radius 2 is 1.89 bits per heavy atom. The van der Waals surface area contributed by atoms with E-state index in [9.17, 15) is 18.0 Å². The molecule has 2 aromatic rings. The molecule has 0 N–H and O–H groups in total. The molecule has 0 spiro atoms. The first kappa shape index (κ1) is 12.2. The van der Waals surface area contributed by atoms with Gasteiger partial charge in [-0.05, 0) is 6.07 Å². The minimum Gasteiger partial charge on any atom is -0.298 e. The molecule has 92 valence electrons. The summed E-state index contributed by atoms with van der Waals surface area (Å²) in [6, 6.07) is 4.97. The monoisotopic (exact) mass is 252 g/mol. The number of rotatable bonds is 2. The molecule has 0 bridgehead atoms. The molecule has 3 nitrogen and oxygen atoms in total. The number of carbonyl (C=O) groups is 1. The third-order valence-corrected chi connectivity index (χ3v) is 2.36. The number of hydrogen-bond donors (Lipinski definition) is 0. The van der Waals surface area contributed by atoms with Crippen LogP contribution in [0.3, 0.4) is 0 Å². The van der Waals surface area contributed by atoms with Crippen molar-refractivity contribution in [3.63, 3.8) is 0 Å². The summed E-state index contributed by atoms with van der Waals surface area (Å²) in [5.41, 5.74) is -0.955. The molecule has 0 aliphatic heterocycles. The molecule has 2 rings (SSSR count). The Hall–Kier alpha value is -2.24. The van der Waals surface area contributed by atoms with Crippen molar-refractivity contribution in [3.05, 3.63) is 47.9 Å². The highest BCUT2D eigenvalue weighted by Crippen LogP contribution is 2.36. The Morgan fingerprint density at radius 1 is 1.17 bits per heavy atom. The van der Waals surface area contributed by atoms with Crippen LogP contribution in [-0.2, 0) is 6.18 Å². The molecule has 0 saturated heterocycles. The molecule has 0 fully saturated rings. The lowest BCUT2D eigenvalue weighted by molar-refractivity contribution is -0.137. The zero-order valence-electron chi connectivity index (χ0n) is 8.98. The van der Waals surface area contributed by atoms with Crippen LogP contribution in [0.4, 0.5) is 13.2 Å². The lowest BCUT2D eigenvalue weighted by Crippen LogP contribution is -2.08. The topological polar surface area (TPSA) is 42.9 Å². The SMILES string of the molecule is O=Cc1cncnc1-c1ccccc1C(F)(F)F. The van der Waals surface area contributed by atoms with E-state index in [1.54, 1.807) is 0 Å². The smallest absolute Gasteiger partial charge is 0.298 e. The van der Waals surface area contributed by atoms with E-state index < -0.39 is 11.7 Å². The first-order valence-corrected chi connectivity index (χ1v) is 4.96. The molecule has 1 aromatic carbocycles. The molecule has 0 aliphatic carbocycles. The molecular formula is C12H7F3N2O. The van der Waals surface area contributed by atoms with Crippen LogP contribution in [0.5, 0.6) is 0 Å². The van der Waals surface area contributed by atoms with Crippen molar-refractivity contribution in [1.82, 2.24) is 9.97 Å². The fraction of sp³-hybridized carbons (Fsp3) is 0.0833. The first-order chi connectivity index (χ1) is 8.54. The Kier molecular flexibility index (Phi) is 3.10. The maximum atomic E-state index is 12.8. The van der Waals surface area contributed by atoms with Crippen LogP contribution >= 0.6 is 0 Å². The van der Waals surface area contributed by atoms with Crippen molar-refractivity contribution in [1.29, 1.82) is 0 Å². The number of halogens is 3. The van der Waals surface area contributed by atoms with Crippen molar-refractivity contribution in [2.24, 2.45) is 0 Å². The van der Waals surface area contributed by atoms with Gasteiger partial charge in [0.05, 0.1) is 16.8 Å². The summed E-state index contributed by atoms with van der Waals surface area (Å²) < 4.78 is 38.5. The molecule has 18 heavy (non-hydrogen) atoms. The molecule has 0 saturated carbocycles. The first-order valence-electron chi connectivity index (χ1n) is 4.96. The molecule has 0 amide bonds. The van der Waals surface area contributed by atoms with Crippen LogP contribution in [0.2, 0.25) is 0 Å². The molecular weight excluding hydrogens is 245 g/mol. The van der Waals surface area contributed by atoms with Gasteiger partial charge in [0.2, 0.25) is 0 Å². The van der Waals surface area contributed by atoms with Gasteiger partial charge in [-0.2, -0.15) is 13.2 Å². The van der Waals surface area contributed by atoms with Gasteiger partial charge in [-0.1, -0.05) is 18.2 Å². The second-order valence-corrected chi connectivity index (χ2v) is 3.49. The molecule has 0 unspecified atom stereocenters. The van der Waals surface area contributed by atoms with Crippen LogP contribution in [0.15, 0.2) is 36.8 Å². The summed E-state index contributed by atoms with van der Waals surface area (Å²) in [6.07, 6.45) is -1.78. The van der Waals surface area contributed by atoms with Crippen LogP contribution in [-0.4, -0.2) is 16.3 Å². The van der Waals surface area contributed by atoms with Gasteiger partial charge in [-0.3, -0.25) is 4.79 Å². The second-order valence-electron chi connectivity index (χ2n) is 3.49. The number of carbonyl (C=O) groups excluding carboxylic acids is 1. The number of aldehydes is 1. The third-order valence-electron chi connectivity index (χ3n) is 2.36. The number of nitrogens with zero attached hydrogens (tertiary/aromatic N) is 2. The zero-order valence-corrected chi connectivity index (χ0v) is 8.98. The summed E-state index contributed by atoms with van der Waals surface area (Å²) in [7, 11) is 0. The fourth-order valence-electron chi connectivity index (χ4n) is 1.59. The molecule has 1 heterocycles. The van der Waals surface area contributed by atoms with Crippen LogP contribution < -0.4 is 0 Å². The number of benzene rings is 1. The zero-order chi connectivity index (χ0) is 13.2. The lowest BCUT2D eigenvalue weighted by Gasteiger charge is -2.12. The van der Waals surface area contributed by atoms with Gasteiger partial charge < -0.3 is 0 Å². The van der Waals surface area contributed by atoms with Crippen molar-refractivity contribution in [3.8, 4) is 11.3 Å². The summed E-state index contributed by atoms with van der Waals surface area (Å²) in [4.78, 5) is 18.2. The Balaban J connectivity index is 2.68. The van der Waals surface area contributed by atoms with Gasteiger partial charge >= 0.3 is 6.18 Å². The lowest BCUT2D eigenvalue weighted by atomic mass is 10.0. The summed E-state index contributed by atoms with van der Waals surface area (Å²) >= 11 is 0. The van der Waals surface area contributed by atoms with E-state index in [1.807, 2.05) is 0 Å². The molecule has 1 aromatic heterocycles. The quantitative estimate of drug-likeness (QED) is 0.771. The predicted octanol–water partition coefficient (Wildman–Crippen LogP) is 2.97. The normalized spacial score (nSPS) is 11.3. The Labute approximate surface area is 100 Å². The van der Waals surface area contributed by atoms with Gasteiger partial charge in [0, 0.05) is 11.8 Å². The molecule has 6 heteroatoms. The minimum atomic E-state index is -4.50. The largest absolute Gasteiger partial charge is 0.417 e. The highest BCUT2D eigenvalue weighted by molar-refractivity contribution is 5.86. The minimum absolute atomic E-state index is 0.0204. The highest BCUT2D eigenvalue weighted by atomic mass is 19.4. The summed E-state index contributed by atoms with van der Waals surface area (Å²) in [6.45, 7) is 0. The summed E-state index contributed by atoms with van der Waals surface area (Å²) in [5.74, 6) is 0. The van der Waals surface area contributed by atoms with Gasteiger partial charge in [-0.25, -0.2) is 9.97 Å². The number of alkyl halides is 3.